The Labute approximate surface area is 112 Å². The van der Waals surface area contributed by atoms with Gasteiger partial charge in [-0.05, 0) is 6.07 Å². The van der Waals surface area contributed by atoms with E-state index in [2.05, 4.69) is 0 Å². The van der Waals surface area contributed by atoms with Crippen LogP contribution in [-0.2, 0) is 4.79 Å². The summed E-state index contributed by atoms with van der Waals surface area (Å²) in [6.45, 7) is 1.13. The molecule has 9 heteroatoms. The molecular formula is C11H10N2O7. The van der Waals surface area contributed by atoms with Gasteiger partial charge in [0.1, 0.15) is 0 Å². The minimum Gasteiger partial charge on any atom is -0.493 e. The van der Waals surface area contributed by atoms with Crippen LogP contribution in [0.5, 0.6) is 11.5 Å². The van der Waals surface area contributed by atoms with Gasteiger partial charge in [0, 0.05) is 13.0 Å². The fourth-order valence-corrected chi connectivity index (χ4v) is 1.39. The summed E-state index contributed by atoms with van der Waals surface area (Å²) in [7, 11) is 1.27. The highest BCUT2D eigenvalue weighted by atomic mass is 16.6. The molecule has 20 heavy (non-hydrogen) atoms. The Morgan fingerprint density at radius 3 is 2.35 bits per heavy atom. The van der Waals surface area contributed by atoms with Crippen molar-refractivity contribution in [2.75, 3.05) is 7.11 Å². The molecule has 0 aromatic heterocycles. The second-order valence-corrected chi connectivity index (χ2v) is 3.51. The fourth-order valence-electron chi connectivity index (χ4n) is 1.39. The van der Waals surface area contributed by atoms with Gasteiger partial charge in [0.2, 0.25) is 6.20 Å². The molecule has 0 fully saturated rings. The van der Waals surface area contributed by atoms with Gasteiger partial charge >= 0.3 is 5.97 Å². The molecule has 1 aromatic carbocycles. The normalized spacial score (nSPS) is 10.3. The first-order valence-electron chi connectivity index (χ1n) is 5.21. The number of methoxy groups -OCH3 is 1. The summed E-state index contributed by atoms with van der Waals surface area (Å²) in [6, 6.07) is 2.15. The number of nitro benzene ring substituents is 1. The third-order valence-corrected chi connectivity index (χ3v) is 2.14. The van der Waals surface area contributed by atoms with Crippen LogP contribution in [0.15, 0.2) is 18.3 Å². The number of benzene rings is 1. The lowest BCUT2D eigenvalue weighted by Gasteiger charge is -2.09. The van der Waals surface area contributed by atoms with E-state index in [0.29, 0.717) is 6.20 Å². The molecule has 1 rings (SSSR count). The molecule has 0 saturated carbocycles. The maximum Gasteiger partial charge on any atom is 0.308 e. The molecule has 1 aromatic rings. The van der Waals surface area contributed by atoms with Crippen LogP contribution in [-0.4, -0.2) is 22.9 Å². The molecule has 0 spiro atoms. The predicted molar refractivity (Wildman–Crippen MR) is 67.0 cm³/mol. The second-order valence-electron chi connectivity index (χ2n) is 3.51. The summed E-state index contributed by atoms with van der Waals surface area (Å²) >= 11 is 0. The molecular weight excluding hydrogens is 272 g/mol. The van der Waals surface area contributed by atoms with Gasteiger partial charge in [0.25, 0.3) is 5.69 Å². The largest absolute Gasteiger partial charge is 0.493 e. The molecule has 0 amide bonds. The third-order valence-electron chi connectivity index (χ3n) is 2.14. The van der Waals surface area contributed by atoms with Crippen LogP contribution < -0.4 is 9.47 Å². The van der Waals surface area contributed by atoms with Crippen LogP contribution in [0.4, 0.5) is 5.69 Å². The molecule has 0 unspecified atom stereocenters. The number of ether oxygens (including phenoxy) is 2. The Kier molecular flexibility index (Phi) is 4.73. The summed E-state index contributed by atoms with van der Waals surface area (Å²) in [4.78, 5) is 30.6. The second kappa shape index (κ2) is 6.27. The van der Waals surface area contributed by atoms with Gasteiger partial charge in [0.15, 0.2) is 11.5 Å². The van der Waals surface area contributed by atoms with E-state index in [0.717, 1.165) is 19.1 Å². The van der Waals surface area contributed by atoms with Gasteiger partial charge in [0.05, 0.1) is 28.6 Å². The minimum absolute atomic E-state index is 0.0422. The maximum absolute atomic E-state index is 10.9. The predicted octanol–water partition coefficient (Wildman–Crippen LogP) is 1.78. The van der Waals surface area contributed by atoms with E-state index in [1.54, 1.807) is 0 Å². The maximum atomic E-state index is 10.9. The molecule has 0 aliphatic rings. The van der Waals surface area contributed by atoms with Crippen molar-refractivity contribution >= 4 is 17.7 Å². The van der Waals surface area contributed by atoms with Gasteiger partial charge in [-0.1, -0.05) is 0 Å². The van der Waals surface area contributed by atoms with Gasteiger partial charge in [-0.3, -0.25) is 25.0 Å². The van der Waals surface area contributed by atoms with E-state index >= 15 is 0 Å². The van der Waals surface area contributed by atoms with Gasteiger partial charge < -0.3 is 9.47 Å². The van der Waals surface area contributed by atoms with E-state index in [4.69, 9.17) is 9.47 Å². The molecule has 0 aliphatic carbocycles. The summed E-state index contributed by atoms with van der Waals surface area (Å²) in [5.41, 5.74) is -0.486. The van der Waals surface area contributed by atoms with Crippen LogP contribution in [0.1, 0.15) is 12.5 Å². The van der Waals surface area contributed by atoms with Crippen LogP contribution >= 0.6 is 0 Å². The van der Waals surface area contributed by atoms with Crippen molar-refractivity contribution in [1.82, 2.24) is 0 Å². The quantitative estimate of drug-likeness (QED) is 0.349. The number of nitro groups is 2. The lowest BCUT2D eigenvalue weighted by atomic mass is 10.1. The minimum atomic E-state index is -0.754. The van der Waals surface area contributed by atoms with Crippen molar-refractivity contribution < 1.29 is 24.1 Å². The highest BCUT2D eigenvalue weighted by molar-refractivity contribution is 5.73. The summed E-state index contributed by atoms with van der Waals surface area (Å²) in [5, 5.41) is 21.2. The molecule has 0 saturated heterocycles. The average molecular weight is 282 g/mol. The number of nitrogens with zero attached hydrogens (tertiary/aromatic N) is 2. The zero-order valence-electron chi connectivity index (χ0n) is 10.6. The van der Waals surface area contributed by atoms with Crippen LogP contribution in [0, 0.1) is 20.2 Å². The van der Waals surface area contributed by atoms with E-state index in [1.165, 1.54) is 13.2 Å². The monoisotopic (exact) mass is 282 g/mol. The molecule has 0 radical (unpaired) electrons. The van der Waals surface area contributed by atoms with E-state index in [1.807, 2.05) is 0 Å². The molecule has 9 nitrogen and oxygen atoms in total. The highest BCUT2D eigenvalue weighted by Gasteiger charge is 2.19. The number of rotatable bonds is 5. The van der Waals surface area contributed by atoms with Crippen LogP contribution in [0.2, 0.25) is 0 Å². The molecule has 0 heterocycles. The molecule has 0 aliphatic heterocycles. The van der Waals surface area contributed by atoms with Gasteiger partial charge in [-0.25, -0.2) is 0 Å². The van der Waals surface area contributed by atoms with Crippen molar-refractivity contribution in [1.29, 1.82) is 0 Å². The van der Waals surface area contributed by atoms with Crippen molar-refractivity contribution in [3.8, 4) is 11.5 Å². The SMILES string of the molecule is COc1cc(/C=C/[N+](=O)[O-])c([N+](=O)[O-])cc1OC(C)=O. The third kappa shape index (κ3) is 3.77. The van der Waals surface area contributed by atoms with Crippen molar-refractivity contribution in [2.45, 2.75) is 6.92 Å². The Hall–Kier alpha value is -2.97. The molecule has 0 bridgehead atoms. The molecule has 0 atom stereocenters. The number of carbonyl (C=O) groups is 1. The smallest absolute Gasteiger partial charge is 0.308 e. The standard InChI is InChI=1S/C11H10N2O7/c1-7(14)20-11-6-9(13(17)18)8(3-4-12(15)16)5-10(11)19-2/h3-6H,1-2H3/b4-3+. The Bertz CT molecular complexity index is 595. The lowest BCUT2D eigenvalue weighted by Crippen LogP contribution is -2.04. The van der Waals surface area contributed by atoms with E-state index in [9.17, 15) is 25.0 Å². The van der Waals surface area contributed by atoms with Crippen LogP contribution in [0.25, 0.3) is 6.08 Å². The van der Waals surface area contributed by atoms with Crippen molar-refractivity contribution in [2.24, 2.45) is 0 Å². The zero-order valence-corrected chi connectivity index (χ0v) is 10.6. The number of hydrogen-bond acceptors (Lipinski definition) is 7. The zero-order chi connectivity index (χ0) is 15.3. The first-order chi connectivity index (χ1) is 9.35. The van der Waals surface area contributed by atoms with Gasteiger partial charge in [-0.15, -0.1) is 0 Å². The number of esters is 1. The Morgan fingerprint density at radius 1 is 1.25 bits per heavy atom. The van der Waals surface area contributed by atoms with Crippen molar-refractivity contribution in [3.05, 3.63) is 44.1 Å². The van der Waals surface area contributed by atoms with E-state index < -0.39 is 21.5 Å². The lowest BCUT2D eigenvalue weighted by molar-refractivity contribution is -0.401. The summed E-state index contributed by atoms with van der Waals surface area (Å²) in [6.07, 6.45) is 1.52. The molecule has 0 N–H and O–H groups in total. The van der Waals surface area contributed by atoms with E-state index in [-0.39, 0.29) is 17.1 Å². The number of carbonyl (C=O) groups excluding carboxylic acids is 1. The first kappa shape index (κ1) is 15.1. The Balaban J connectivity index is 3.40. The first-order valence-corrected chi connectivity index (χ1v) is 5.21. The average Bonchev–Trinajstić information content (AvgIpc) is 2.35. The summed E-state index contributed by atoms with van der Waals surface area (Å²) < 4.78 is 9.71. The van der Waals surface area contributed by atoms with Crippen molar-refractivity contribution in [3.63, 3.8) is 0 Å². The Morgan fingerprint density at radius 2 is 1.90 bits per heavy atom. The highest BCUT2D eigenvalue weighted by Crippen LogP contribution is 2.35. The molecule has 106 valence electrons. The van der Waals surface area contributed by atoms with Crippen LogP contribution in [0.3, 0.4) is 0 Å². The fraction of sp³-hybridized carbons (Fsp3) is 0.182. The van der Waals surface area contributed by atoms with Gasteiger partial charge in [-0.2, -0.15) is 0 Å². The summed E-state index contributed by atoms with van der Waals surface area (Å²) in [5.74, 6) is -0.759. The topological polar surface area (TPSA) is 122 Å². The number of hydrogen-bond donors (Lipinski definition) is 0.